The highest BCUT2D eigenvalue weighted by Gasteiger charge is 2.14. The van der Waals surface area contributed by atoms with Crippen molar-refractivity contribution in [1.82, 2.24) is 29.9 Å². The number of fused-ring (bicyclic) bond motifs is 9. The number of unbranched alkanes of at least 4 members (excludes halogenated alkanes) is 2. The minimum atomic E-state index is 0.517. The number of aromatic amines is 3. The average molecular weight is 892 g/mol. The lowest BCUT2D eigenvalue weighted by Crippen LogP contribution is -2.07. The summed E-state index contributed by atoms with van der Waals surface area (Å²) in [6, 6.07) is 38.4. The van der Waals surface area contributed by atoms with Gasteiger partial charge in [-0.25, -0.2) is 15.0 Å². The van der Waals surface area contributed by atoms with Gasteiger partial charge in [0, 0.05) is 61.3 Å². The molecule has 0 saturated heterocycles. The molecule has 10 aromatic rings. The van der Waals surface area contributed by atoms with Crippen LogP contribution in [0.15, 0.2) is 122 Å². The second-order valence-corrected chi connectivity index (χ2v) is 18.4. The number of pyridine rings is 3. The van der Waals surface area contributed by atoms with Crippen molar-refractivity contribution >= 4 is 101 Å². The van der Waals surface area contributed by atoms with Gasteiger partial charge in [0.05, 0.1) is 10.0 Å². The Balaban J connectivity index is 0.000000120. The van der Waals surface area contributed by atoms with Crippen LogP contribution in [0.1, 0.15) is 87.0 Å². The molecule has 3 N–H and O–H groups in total. The first-order valence-electron chi connectivity index (χ1n) is 22.6. The molecule has 6 nitrogen and oxygen atoms in total. The van der Waals surface area contributed by atoms with E-state index in [0.29, 0.717) is 15.2 Å². The van der Waals surface area contributed by atoms with Crippen LogP contribution in [0.4, 0.5) is 0 Å². The second-order valence-electron chi connectivity index (χ2n) is 17.1. The maximum absolute atomic E-state index is 6.10. The number of nitrogens with zero attached hydrogens (tertiary/aromatic N) is 3. The van der Waals surface area contributed by atoms with Crippen molar-refractivity contribution in [3.05, 3.63) is 159 Å². The number of benzene rings is 4. The molecule has 4 aromatic carbocycles. The van der Waals surface area contributed by atoms with Gasteiger partial charge in [0.1, 0.15) is 22.1 Å². The lowest BCUT2D eigenvalue weighted by Gasteiger charge is -2.21. The Morgan fingerprint density at radius 3 is 1.63 bits per heavy atom. The maximum Gasteiger partial charge on any atom is 0.140 e. The Hall–Kier alpha value is -5.40. The topological polar surface area (TPSA) is 86.0 Å². The molecule has 1 aliphatic carbocycles. The molecular weight excluding hydrogens is 839 g/mol. The van der Waals surface area contributed by atoms with Crippen LogP contribution < -0.4 is 0 Å². The summed E-state index contributed by atoms with van der Waals surface area (Å²) >= 11 is 18.1. The van der Waals surface area contributed by atoms with E-state index in [1.54, 1.807) is 12.4 Å². The van der Waals surface area contributed by atoms with Gasteiger partial charge in [0.2, 0.25) is 0 Å². The van der Waals surface area contributed by atoms with E-state index in [4.69, 9.17) is 34.8 Å². The van der Waals surface area contributed by atoms with E-state index in [2.05, 4.69) is 122 Å². The summed E-state index contributed by atoms with van der Waals surface area (Å²) in [4.78, 5) is 23.1. The fourth-order valence-corrected chi connectivity index (χ4v) is 9.68. The summed E-state index contributed by atoms with van der Waals surface area (Å²) in [5, 5.41) is 8.94. The number of H-pyrrole nitrogens is 3. The highest BCUT2D eigenvalue weighted by Crippen LogP contribution is 2.32. The largest absolute Gasteiger partial charge is 0.339 e. The van der Waals surface area contributed by atoms with Gasteiger partial charge in [0.15, 0.2) is 0 Å². The molecule has 0 unspecified atom stereocenters. The van der Waals surface area contributed by atoms with E-state index in [9.17, 15) is 0 Å². The minimum absolute atomic E-state index is 0.517. The third kappa shape index (κ3) is 10.4. The number of aromatic nitrogens is 6. The van der Waals surface area contributed by atoms with Crippen LogP contribution in [0.2, 0.25) is 15.2 Å². The van der Waals surface area contributed by atoms with Crippen molar-refractivity contribution in [1.29, 1.82) is 0 Å². The highest BCUT2D eigenvalue weighted by atomic mass is 35.5. The number of nitrogens with one attached hydrogen (secondary N) is 3. The quantitative estimate of drug-likeness (QED) is 0.0944. The Morgan fingerprint density at radius 2 is 1.03 bits per heavy atom. The third-order valence-corrected chi connectivity index (χ3v) is 13.3. The maximum atomic E-state index is 6.10. The van der Waals surface area contributed by atoms with E-state index in [-0.39, 0.29) is 0 Å². The van der Waals surface area contributed by atoms with Gasteiger partial charge in [-0.15, -0.1) is 0 Å². The number of halogens is 3. The number of rotatable bonds is 10. The van der Waals surface area contributed by atoms with Gasteiger partial charge in [0.25, 0.3) is 0 Å². The second kappa shape index (κ2) is 20.0. The predicted octanol–water partition coefficient (Wildman–Crippen LogP) is 16.1. The molecule has 1 aliphatic rings. The SMILES string of the molecule is CCCCCc1ccc2[nH]c3ncc(Cl)cc3c2c1.Clc1ccc2c(n1)[nH]c1ccc(CCc3ccccc3)cc12.Clc1cnc2[nH]c3ccc(CCC4CCCCC4)cc3c2c1. The molecule has 6 aromatic heterocycles. The van der Waals surface area contributed by atoms with Crippen molar-refractivity contribution in [2.24, 2.45) is 5.92 Å². The van der Waals surface area contributed by atoms with Crippen LogP contribution in [0.25, 0.3) is 65.8 Å². The molecule has 11 rings (SSSR count). The number of aryl methyl sites for hydroxylation is 4. The monoisotopic (exact) mass is 890 g/mol. The van der Waals surface area contributed by atoms with E-state index < -0.39 is 0 Å². The summed E-state index contributed by atoms with van der Waals surface area (Å²) in [5.41, 5.74) is 11.6. The molecule has 9 heteroatoms. The van der Waals surface area contributed by atoms with E-state index in [1.807, 2.05) is 24.3 Å². The Kier molecular flexibility index (Phi) is 13.6. The number of hydrogen-bond donors (Lipinski definition) is 3. The van der Waals surface area contributed by atoms with E-state index in [0.717, 1.165) is 74.8 Å². The van der Waals surface area contributed by atoms with Crippen molar-refractivity contribution in [2.45, 2.75) is 90.4 Å². The molecule has 0 amide bonds. The lowest BCUT2D eigenvalue weighted by molar-refractivity contribution is 0.339. The Bertz CT molecular complexity index is 3120. The van der Waals surface area contributed by atoms with Gasteiger partial charge < -0.3 is 15.0 Å². The summed E-state index contributed by atoms with van der Waals surface area (Å²) in [7, 11) is 0. The van der Waals surface area contributed by atoms with E-state index >= 15 is 0 Å². The van der Waals surface area contributed by atoms with Crippen LogP contribution in [-0.2, 0) is 25.7 Å². The lowest BCUT2D eigenvalue weighted by atomic mass is 9.85. The molecule has 0 atom stereocenters. The first-order valence-corrected chi connectivity index (χ1v) is 23.7. The smallest absolute Gasteiger partial charge is 0.140 e. The minimum Gasteiger partial charge on any atom is -0.339 e. The molecule has 320 valence electrons. The normalized spacial score (nSPS) is 13.2. The molecule has 63 heavy (non-hydrogen) atoms. The van der Waals surface area contributed by atoms with Gasteiger partial charge in [-0.2, -0.15) is 0 Å². The first-order chi connectivity index (χ1) is 30.9. The van der Waals surface area contributed by atoms with Crippen LogP contribution in [0, 0.1) is 5.92 Å². The van der Waals surface area contributed by atoms with Crippen molar-refractivity contribution in [2.75, 3.05) is 0 Å². The zero-order valence-corrected chi connectivity index (χ0v) is 38.1. The molecule has 0 radical (unpaired) electrons. The summed E-state index contributed by atoms with van der Waals surface area (Å²) < 4.78 is 0. The number of hydrogen-bond acceptors (Lipinski definition) is 3. The van der Waals surface area contributed by atoms with Crippen LogP contribution in [0.3, 0.4) is 0 Å². The van der Waals surface area contributed by atoms with Crippen LogP contribution in [-0.4, -0.2) is 29.9 Å². The zero-order chi connectivity index (χ0) is 43.1. The molecule has 1 saturated carbocycles. The third-order valence-electron chi connectivity index (χ3n) is 12.6. The fraction of sp³-hybridized carbons (Fsp3) is 0.278. The zero-order valence-electron chi connectivity index (χ0n) is 35.8. The van der Waals surface area contributed by atoms with Gasteiger partial charge in [-0.1, -0.05) is 135 Å². The average Bonchev–Trinajstić information content (AvgIpc) is 3.98. The summed E-state index contributed by atoms with van der Waals surface area (Å²) in [5.74, 6) is 0.934. The first kappa shape index (κ1) is 42.9. The van der Waals surface area contributed by atoms with Gasteiger partial charge >= 0.3 is 0 Å². The van der Waals surface area contributed by atoms with Crippen molar-refractivity contribution < 1.29 is 0 Å². The Morgan fingerprint density at radius 1 is 0.492 bits per heavy atom. The molecule has 1 fully saturated rings. The molecule has 0 aliphatic heterocycles. The van der Waals surface area contributed by atoms with Crippen LogP contribution >= 0.6 is 34.8 Å². The summed E-state index contributed by atoms with van der Waals surface area (Å²) in [6.07, 6.45) is 20.1. The fourth-order valence-electron chi connectivity index (χ4n) is 9.21. The molecular formula is C54H53Cl3N6. The molecule has 0 spiro atoms. The predicted molar refractivity (Wildman–Crippen MR) is 268 cm³/mol. The highest BCUT2D eigenvalue weighted by molar-refractivity contribution is 6.32. The van der Waals surface area contributed by atoms with Gasteiger partial charge in [-0.3, -0.25) is 0 Å². The van der Waals surface area contributed by atoms with Crippen molar-refractivity contribution in [3.63, 3.8) is 0 Å². The van der Waals surface area contributed by atoms with E-state index in [1.165, 1.54) is 103 Å². The van der Waals surface area contributed by atoms with Crippen molar-refractivity contribution in [3.8, 4) is 0 Å². The molecule has 0 bridgehead atoms. The van der Waals surface area contributed by atoms with Gasteiger partial charge in [-0.05, 0) is 127 Å². The van der Waals surface area contributed by atoms with Crippen LogP contribution in [0.5, 0.6) is 0 Å². The summed E-state index contributed by atoms with van der Waals surface area (Å²) in [6.45, 7) is 2.23. The molecule has 6 heterocycles. The Labute approximate surface area is 383 Å². The standard InChI is InChI=1S/C19H15ClN2.C19H21ClN2.C16H17ClN2/c20-18-11-9-15-16-12-14(7-6-13-4-2-1-3-5-13)8-10-17(16)21-19(15)22-18;20-15-11-17-16-10-14(7-6-13-4-2-1-3-5-13)8-9-18(16)22-19(17)21-12-15;1-2-3-4-5-11-6-7-15-13(8-11)14-9-12(17)10-18-16(14)19-15/h1-5,8-12H,6-7H2,(H,21,22);8-13H,1-7H2,(H,21,22);6-10H,2-5H2,1H3,(H,18,19).